The number of rotatable bonds is 9. The fourth-order valence-corrected chi connectivity index (χ4v) is 10.5. The van der Waals surface area contributed by atoms with E-state index in [0.717, 1.165) is 0 Å². The molecule has 0 fully saturated rings. The van der Waals surface area contributed by atoms with Crippen molar-refractivity contribution in [1.29, 1.82) is 0 Å². The van der Waals surface area contributed by atoms with Crippen molar-refractivity contribution in [3.05, 3.63) is 175 Å². The summed E-state index contributed by atoms with van der Waals surface area (Å²) in [6.07, 6.45) is 0. The second-order valence-electron chi connectivity index (χ2n) is 8.42. The normalized spacial score (nSPS) is 11.8. The first kappa shape index (κ1) is 25.5. The Kier molecular flexibility index (Phi) is 9.26. The maximum atomic E-state index is 2.47. The van der Waals surface area contributed by atoms with Gasteiger partial charge in [0.1, 0.15) is 0 Å². The zero-order valence-corrected chi connectivity index (χ0v) is 23.3. The van der Waals surface area contributed by atoms with Gasteiger partial charge in [-0.1, -0.05) is 175 Å². The van der Waals surface area contributed by atoms with Crippen molar-refractivity contribution < 1.29 is 0 Å². The maximum Gasteiger partial charge on any atom is -0.0157 e. The Balaban J connectivity index is 1.52. The van der Waals surface area contributed by atoms with Crippen LogP contribution in [0.4, 0.5) is 0 Å². The van der Waals surface area contributed by atoms with Crippen LogP contribution in [0.15, 0.2) is 175 Å². The van der Waals surface area contributed by atoms with Crippen LogP contribution in [0.2, 0.25) is 0 Å². The van der Waals surface area contributed by atoms with E-state index in [2.05, 4.69) is 175 Å². The molecule has 5 aromatic rings. The second-order valence-corrected chi connectivity index (χ2v) is 14.5. The molecule has 37 heavy (non-hydrogen) atoms. The average molecular weight is 531 g/mol. The van der Waals surface area contributed by atoms with Crippen molar-refractivity contribution >= 4 is 50.3 Å². The van der Waals surface area contributed by atoms with Gasteiger partial charge in [-0.05, 0) is 50.3 Å². The minimum absolute atomic E-state index is 0.580. The highest BCUT2D eigenvalue weighted by Crippen LogP contribution is 2.46. The molecule has 0 unspecified atom stereocenters. The van der Waals surface area contributed by atoms with Gasteiger partial charge < -0.3 is 0 Å². The smallest absolute Gasteiger partial charge is 0.0157 e. The molecule has 0 aliphatic rings. The Morgan fingerprint density at radius 2 is 0.514 bits per heavy atom. The molecule has 3 heteroatoms. The van der Waals surface area contributed by atoms with Crippen LogP contribution >= 0.6 is 23.8 Å². The molecule has 0 aliphatic carbocycles. The van der Waals surface area contributed by atoms with Gasteiger partial charge >= 0.3 is 0 Å². The molecule has 0 amide bonds. The SMILES string of the molecule is C(=C\P(c1ccccc1)c1ccccc1)/P(/C=C/P(c1ccccc1)c1ccccc1)c1ccccc1. The first-order valence-electron chi connectivity index (χ1n) is 12.4. The third-order valence-corrected chi connectivity index (χ3v) is 12.6. The first-order valence-corrected chi connectivity index (χ1v) is 16.7. The average Bonchev–Trinajstić information content (AvgIpc) is 2.99. The Bertz CT molecular complexity index is 1230. The monoisotopic (exact) mass is 530 g/mol. The van der Waals surface area contributed by atoms with Gasteiger partial charge in [-0.25, -0.2) is 0 Å². The minimum atomic E-state index is -0.611. The van der Waals surface area contributed by atoms with Crippen molar-refractivity contribution in [2.75, 3.05) is 0 Å². The Hall–Kier alpha value is -3.13. The molecule has 0 nitrogen and oxygen atoms in total. The molecule has 5 aromatic carbocycles. The molecule has 180 valence electrons. The van der Waals surface area contributed by atoms with Crippen molar-refractivity contribution in [2.45, 2.75) is 0 Å². The van der Waals surface area contributed by atoms with Crippen molar-refractivity contribution in [3.63, 3.8) is 0 Å². The molecule has 0 saturated heterocycles. The Labute approximate surface area is 224 Å². The first-order chi connectivity index (χ1) is 18.4. The summed E-state index contributed by atoms with van der Waals surface area (Å²) in [5.41, 5.74) is 0. The van der Waals surface area contributed by atoms with Gasteiger partial charge in [0.2, 0.25) is 0 Å². The lowest BCUT2D eigenvalue weighted by molar-refractivity contribution is 1.75. The molecule has 0 spiro atoms. The van der Waals surface area contributed by atoms with E-state index in [9.17, 15) is 0 Å². The fraction of sp³-hybridized carbons (Fsp3) is 0. The van der Waals surface area contributed by atoms with Gasteiger partial charge in [-0.2, -0.15) is 0 Å². The van der Waals surface area contributed by atoms with E-state index in [-0.39, 0.29) is 0 Å². The van der Waals surface area contributed by atoms with Crippen LogP contribution in [0.5, 0.6) is 0 Å². The molecule has 0 aliphatic heterocycles. The molecule has 0 bridgehead atoms. The molecule has 0 atom stereocenters. The summed E-state index contributed by atoms with van der Waals surface area (Å²) in [5, 5.41) is 6.88. The Morgan fingerprint density at radius 3 is 0.784 bits per heavy atom. The summed E-state index contributed by atoms with van der Waals surface area (Å²) >= 11 is 0. The molecular weight excluding hydrogens is 501 g/mol. The van der Waals surface area contributed by atoms with Gasteiger partial charge in [-0.15, -0.1) is 0 Å². The summed E-state index contributed by atoms with van der Waals surface area (Å²) in [6.45, 7) is 0. The molecule has 0 saturated carbocycles. The summed E-state index contributed by atoms with van der Waals surface area (Å²) in [7, 11) is -1.77. The minimum Gasteiger partial charge on any atom is -0.0622 e. The van der Waals surface area contributed by atoms with E-state index >= 15 is 0 Å². The van der Waals surface area contributed by atoms with Crippen LogP contribution in [0.1, 0.15) is 0 Å². The predicted molar refractivity (Wildman–Crippen MR) is 169 cm³/mol. The molecular formula is C34H29P3. The summed E-state index contributed by atoms with van der Waals surface area (Å²) in [5.74, 6) is 9.87. The van der Waals surface area contributed by atoms with E-state index < -0.39 is 23.8 Å². The lowest BCUT2D eigenvalue weighted by atomic mass is 10.4. The quantitative estimate of drug-likeness (QED) is 0.169. The summed E-state index contributed by atoms with van der Waals surface area (Å²) < 4.78 is 0. The van der Waals surface area contributed by atoms with Crippen LogP contribution in [0.25, 0.3) is 0 Å². The highest BCUT2D eigenvalue weighted by atomic mass is 31.1. The predicted octanol–water partition coefficient (Wildman–Crippen LogP) is 8.00. The van der Waals surface area contributed by atoms with Crippen LogP contribution in [-0.2, 0) is 0 Å². The highest BCUT2D eigenvalue weighted by molar-refractivity contribution is 7.79. The van der Waals surface area contributed by atoms with Gasteiger partial charge in [0.05, 0.1) is 0 Å². The van der Waals surface area contributed by atoms with Crippen LogP contribution in [0.3, 0.4) is 0 Å². The number of benzene rings is 5. The number of hydrogen-bond acceptors (Lipinski definition) is 0. The van der Waals surface area contributed by atoms with E-state index in [1.54, 1.807) is 0 Å². The fourth-order valence-electron chi connectivity index (χ4n) is 4.10. The lowest BCUT2D eigenvalue weighted by Crippen LogP contribution is -2.09. The van der Waals surface area contributed by atoms with Crippen molar-refractivity contribution in [2.24, 2.45) is 0 Å². The highest BCUT2D eigenvalue weighted by Gasteiger charge is 2.14. The molecule has 0 radical (unpaired) electrons. The van der Waals surface area contributed by atoms with Crippen LogP contribution in [0, 0.1) is 0 Å². The topological polar surface area (TPSA) is 0 Å². The zero-order valence-electron chi connectivity index (χ0n) is 20.6. The molecule has 0 heterocycles. The third kappa shape index (κ3) is 7.01. The number of hydrogen-bond donors (Lipinski definition) is 0. The van der Waals surface area contributed by atoms with Gasteiger partial charge in [0, 0.05) is 0 Å². The van der Waals surface area contributed by atoms with Crippen molar-refractivity contribution in [3.8, 4) is 0 Å². The van der Waals surface area contributed by atoms with Gasteiger partial charge in [0.25, 0.3) is 0 Å². The van der Waals surface area contributed by atoms with E-state index in [0.29, 0.717) is 0 Å². The van der Waals surface area contributed by atoms with Crippen molar-refractivity contribution in [1.82, 2.24) is 0 Å². The zero-order chi connectivity index (χ0) is 25.1. The van der Waals surface area contributed by atoms with Crippen LogP contribution < -0.4 is 26.5 Å². The van der Waals surface area contributed by atoms with Gasteiger partial charge in [0.15, 0.2) is 0 Å². The standard InChI is InChI=1S/C34H29P3/c1-6-16-30(17-7-1)35(26-28-36(31-18-8-2-9-19-31)32-20-10-3-11-21-32)27-29-37(33-22-12-4-13-23-33)34-24-14-5-15-25-34/h1-29H/b28-26+,29-27+. The molecule has 0 N–H and O–H groups in total. The summed E-state index contributed by atoms with van der Waals surface area (Å²) in [6, 6.07) is 54.6. The third-order valence-electron chi connectivity index (χ3n) is 5.94. The Morgan fingerprint density at radius 1 is 0.270 bits per heavy atom. The molecule has 5 rings (SSSR count). The van der Waals surface area contributed by atoms with E-state index in [1.807, 2.05) is 0 Å². The second kappa shape index (κ2) is 13.4. The van der Waals surface area contributed by atoms with Gasteiger partial charge in [-0.3, -0.25) is 0 Å². The molecule has 0 aromatic heterocycles. The largest absolute Gasteiger partial charge is 0.0622 e. The van der Waals surface area contributed by atoms with Crippen LogP contribution in [-0.4, -0.2) is 0 Å². The maximum absolute atomic E-state index is 2.47. The van der Waals surface area contributed by atoms with E-state index in [4.69, 9.17) is 0 Å². The van der Waals surface area contributed by atoms with E-state index in [1.165, 1.54) is 26.5 Å². The summed E-state index contributed by atoms with van der Waals surface area (Å²) in [4.78, 5) is 0. The lowest BCUT2D eigenvalue weighted by Gasteiger charge is -2.18.